The normalized spacial score (nSPS) is 11.6. The van der Waals surface area contributed by atoms with Crippen LogP contribution in [0.1, 0.15) is 22.9 Å². The van der Waals surface area contributed by atoms with E-state index in [9.17, 15) is 0 Å². The van der Waals surface area contributed by atoms with Gasteiger partial charge in [-0.15, -0.1) is 0 Å². The molecular weight excluding hydrogens is 312 g/mol. The fourth-order valence-corrected chi connectivity index (χ4v) is 2.67. The highest BCUT2D eigenvalue weighted by molar-refractivity contribution is 5.66. The first-order chi connectivity index (χ1) is 12.1. The Morgan fingerprint density at radius 3 is 2.48 bits per heavy atom. The molecule has 0 unspecified atom stereocenters. The molecule has 25 heavy (non-hydrogen) atoms. The molecule has 4 rings (SSSR count). The van der Waals surface area contributed by atoms with Crippen molar-refractivity contribution in [2.45, 2.75) is 13.8 Å². The quantitative estimate of drug-likeness (QED) is 0.578. The van der Waals surface area contributed by atoms with Crippen molar-refractivity contribution >= 4 is 17.8 Å². The maximum atomic E-state index is 4.62. The van der Waals surface area contributed by atoms with Gasteiger partial charge in [-0.3, -0.25) is 0 Å². The second-order valence-corrected chi connectivity index (χ2v) is 5.93. The molecule has 0 bridgehead atoms. The van der Waals surface area contributed by atoms with Crippen molar-refractivity contribution in [3.63, 3.8) is 0 Å². The summed E-state index contributed by atoms with van der Waals surface area (Å²) in [5, 5.41) is 9.09. The summed E-state index contributed by atoms with van der Waals surface area (Å²) in [6.45, 7) is 4.01. The van der Waals surface area contributed by atoms with E-state index in [0.29, 0.717) is 5.82 Å². The van der Waals surface area contributed by atoms with E-state index in [-0.39, 0.29) is 0 Å². The van der Waals surface area contributed by atoms with Crippen LogP contribution in [0.2, 0.25) is 0 Å². The van der Waals surface area contributed by atoms with Gasteiger partial charge in [-0.25, -0.2) is 19.2 Å². The van der Waals surface area contributed by atoms with Crippen molar-refractivity contribution in [3.05, 3.63) is 65.4 Å². The first-order valence-corrected chi connectivity index (χ1v) is 8.09. The molecular formula is C19H18N6. The number of aromatic nitrogens is 6. The Hall–Kier alpha value is -3.28. The lowest BCUT2D eigenvalue weighted by Crippen LogP contribution is -1.96. The number of hydrogen-bond donors (Lipinski definition) is 0. The molecule has 124 valence electrons. The minimum atomic E-state index is 0.715. The van der Waals surface area contributed by atoms with Gasteiger partial charge in [0.05, 0.1) is 17.1 Å². The molecule has 6 heteroatoms. The van der Waals surface area contributed by atoms with Crippen LogP contribution in [-0.4, -0.2) is 29.4 Å². The predicted octanol–water partition coefficient (Wildman–Crippen LogP) is 3.31. The highest BCUT2D eigenvalue weighted by Gasteiger charge is 2.08. The molecule has 0 fully saturated rings. The van der Waals surface area contributed by atoms with Crippen LogP contribution in [0.15, 0.2) is 42.5 Å². The molecule has 0 N–H and O–H groups in total. The average Bonchev–Trinajstić information content (AvgIpc) is 3.14. The molecule has 1 aromatic carbocycles. The van der Waals surface area contributed by atoms with Crippen LogP contribution in [0.3, 0.4) is 0 Å². The molecule has 0 atom stereocenters. The van der Waals surface area contributed by atoms with Gasteiger partial charge in [0, 0.05) is 12.6 Å². The molecule has 6 nitrogen and oxygen atoms in total. The zero-order valence-corrected chi connectivity index (χ0v) is 14.4. The van der Waals surface area contributed by atoms with Crippen molar-refractivity contribution in [3.8, 4) is 11.4 Å². The summed E-state index contributed by atoms with van der Waals surface area (Å²) < 4.78 is 3.63. The highest BCUT2D eigenvalue weighted by Crippen LogP contribution is 2.16. The van der Waals surface area contributed by atoms with Crippen molar-refractivity contribution in [2.75, 3.05) is 0 Å². The molecule has 0 aliphatic heterocycles. The summed E-state index contributed by atoms with van der Waals surface area (Å²) in [5.74, 6) is 1.49. The summed E-state index contributed by atoms with van der Waals surface area (Å²) >= 11 is 0. The van der Waals surface area contributed by atoms with Crippen LogP contribution >= 0.6 is 0 Å². The van der Waals surface area contributed by atoms with Crippen molar-refractivity contribution in [2.24, 2.45) is 7.05 Å². The van der Waals surface area contributed by atoms with Crippen LogP contribution < -0.4 is 0 Å². The Morgan fingerprint density at radius 1 is 0.880 bits per heavy atom. The summed E-state index contributed by atoms with van der Waals surface area (Å²) in [4.78, 5) is 9.07. The Morgan fingerprint density at radius 2 is 1.68 bits per heavy atom. The smallest absolute Gasteiger partial charge is 0.181 e. The first kappa shape index (κ1) is 15.3. The van der Waals surface area contributed by atoms with E-state index in [0.717, 1.165) is 34.1 Å². The molecule has 0 aliphatic carbocycles. The minimum absolute atomic E-state index is 0.715. The Labute approximate surface area is 145 Å². The average molecular weight is 330 g/mol. The van der Waals surface area contributed by atoms with E-state index in [1.54, 1.807) is 4.68 Å². The second kappa shape index (κ2) is 5.98. The standard InChI is InChI=1S/C19H18N6/c1-13-14(2)25-18(20-13)12-10-16(22-25)9-11-17-21-19(23-24(17)3)15-7-5-4-6-8-15/h4-12H,1-3H3/b11-9+. The van der Waals surface area contributed by atoms with Gasteiger partial charge in [0.25, 0.3) is 0 Å². The van der Waals surface area contributed by atoms with E-state index in [1.807, 2.05) is 80.0 Å². The maximum absolute atomic E-state index is 4.62. The Bertz CT molecular complexity index is 1070. The second-order valence-electron chi connectivity index (χ2n) is 5.93. The SMILES string of the molecule is Cc1nc2ccc(/C=C/c3nc(-c4ccccc4)nn3C)nn2c1C. The zero-order valence-electron chi connectivity index (χ0n) is 14.4. The minimum Gasteiger partial charge on any atom is -0.249 e. The van der Waals surface area contributed by atoms with E-state index in [1.165, 1.54) is 0 Å². The Balaban J connectivity index is 1.66. The van der Waals surface area contributed by atoms with Gasteiger partial charge >= 0.3 is 0 Å². The van der Waals surface area contributed by atoms with Crippen LogP contribution in [0.5, 0.6) is 0 Å². The van der Waals surface area contributed by atoms with Gasteiger partial charge in [-0.2, -0.15) is 10.2 Å². The lowest BCUT2D eigenvalue weighted by Gasteiger charge is -1.97. The molecule has 0 radical (unpaired) electrons. The van der Waals surface area contributed by atoms with E-state index in [2.05, 4.69) is 20.2 Å². The molecule has 3 heterocycles. The van der Waals surface area contributed by atoms with E-state index in [4.69, 9.17) is 0 Å². The lowest BCUT2D eigenvalue weighted by molar-refractivity contribution is 0.759. The lowest BCUT2D eigenvalue weighted by atomic mass is 10.2. The van der Waals surface area contributed by atoms with Gasteiger partial charge < -0.3 is 0 Å². The monoisotopic (exact) mass is 330 g/mol. The van der Waals surface area contributed by atoms with Crippen molar-refractivity contribution in [1.82, 2.24) is 29.4 Å². The van der Waals surface area contributed by atoms with Crippen LogP contribution in [0.25, 0.3) is 29.2 Å². The molecule has 0 spiro atoms. The van der Waals surface area contributed by atoms with Gasteiger partial charge in [0.15, 0.2) is 17.3 Å². The van der Waals surface area contributed by atoms with E-state index >= 15 is 0 Å². The third-order valence-electron chi connectivity index (χ3n) is 4.19. The fourth-order valence-electron chi connectivity index (χ4n) is 2.67. The van der Waals surface area contributed by atoms with Gasteiger partial charge in [-0.1, -0.05) is 30.3 Å². The Kier molecular flexibility index (Phi) is 3.65. The summed E-state index contributed by atoms with van der Waals surface area (Å²) in [6, 6.07) is 13.9. The molecule has 0 saturated carbocycles. The fraction of sp³-hybridized carbons (Fsp3) is 0.158. The largest absolute Gasteiger partial charge is 0.249 e. The molecule has 4 aromatic rings. The topological polar surface area (TPSA) is 60.9 Å². The van der Waals surface area contributed by atoms with Crippen LogP contribution in [0.4, 0.5) is 0 Å². The number of fused-ring (bicyclic) bond motifs is 1. The third-order valence-corrected chi connectivity index (χ3v) is 4.19. The number of rotatable bonds is 3. The molecule has 0 amide bonds. The number of aryl methyl sites for hydroxylation is 3. The van der Waals surface area contributed by atoms with E-state index < -0.39 is 0 Å². The molecule has 3 aromatic heterocycles. The zero-order chi connectivity index (χ0) is 17.4. The third kappa shape index (κ3) is 2.82. The first-order valence-electron chi connectivity index (χ1n) is 8.09. The van der Waals surface area contributed by atoms with Gasteiger partial charge in [-0.05, 0) is 38.1 Å². The summed E-state index contributed by atoms with van der Waals surface area (Å²) in [5.41, 5.74) is 4.75. The highest BCUT2D eigenvalue weighted by atomic mass is 15.3. The summed E-state index contributed by atoms with van der Waals surface area (Å²) in [7, 11) is 1.89. The number of nitrogens with zero attached hydrogens (tertiary/aromatic N) is 6. The molecule has 0 aliphatic rings. The van der Waals surface area contributed by atoms with Crippen LogP contribution in [0, 0.1) is 13.8 Å². The number of benzene rings is 1. The number of imidazole rings is 1. The maximum Gasteiger partial charge on any atom is 0.181 e. The van der Waals surface area contributed by atoms with Gasteiger partial charge in [0.2, 0.25) is 0 Å². The van der Waals surface area contributed by atoms with Crippen LogP contribution in [-0.2, 0) is 7.05 Å². The van der Waals surface area contributed by atoms with Gasteiger partial charge in [0.1, 0.15) is 0 Å². The molecule has 0 saturated heterocycles. The van der Waals surface area contributed by atoms with Crippen molar-refractivity contribution < 1.29 is 0 Å². The predicted molar refractivity (Wildman–Crippen MR) is 97.8 cm³/mol. The number of hydrogen-bond acceptors (Lipinski definition) is 4. The van der Waals surface area contributed by atoms with Crippen molar-refractivity contribution in [1.29, 1.82) is 0 Å². The summed E-state index contributed by atoms with van der Waals surface area (Å²) in [6.07, 6.45) is 3.86.